The third-order valence-corrected chi connectivity index (χ3v) is 4.93. The zero-order valence-electron chi connectivity index (χ0n) is 14.7. The quantitative estimate of drug-likeness (QED) is 0.847. The number of likely N-dealkylation sites (N-methyl/N-ethyl adjacent to an activating group) is 1. The number of fused-ring (bicyclic) bond motifs is 1. The Hall–Kier alpha value is -2.21. The van der Waals surface area contributed by atoms with Gasteiger partial charge in [-0.15, -0.1) is 0 Å². The number of benzene rings is 1. The molecule has 1 aromatic carbocycles. The van der Waals surface area contributed by atoms with Gasteiger partial charge >= 0.3 is 0 Å². The Kier molecular flexibility index (Phi) is 4.41. The summed E-state index contributed by atoms with van der Waals surface area (Å²) in [4.78, 5) is 29.2. The summed E-state index contributed by atoms with van der Waals surface area (Å²) in [6.45, 7) is 5.44. The molecule has 3 rings (SSSR count). The Balaban J connectivity index is 1.84. The van der Waals surface area contributed by atoms with Gasteiger partial charge in [-0.2, -0.15) is 5.10 Å². The van der Waals surface area contributed by atoms with Crippen LogP contribution in [0.1, 0.15) is 12.6 Å². The second-order valence-corrected chi connectivity index (χ2v) is 6.90. The molecule has 1 aliphatic rings. The molecule has 0 aliphatic carbocycles. The van der Waals surface area contributed by atoms with Gasteiger partial charge in [0.1, 0.15) is 6.54 Å². The summed E-state index contributed by atoms with van der Waals surface area (Å²) in [5.41, 5.74) is 0.555. The van der Waals surface area contributed by atoms with Crippen LogP contribution in [0.5, 0.6) is 0 Å². The predicted octanol–water partition coefficient (Wildman–Crippen LogP) is 1.11. The number of aromatic nitrogens is 2. The van der Waals surface area contributed by atoms with E-state index in [1.807, 2.05) is 44.1 Å². The van der Waals surface area contributed by atoms with Gasteiger partial charge < -0.3 is 9.80 Å². The number of carbonyl (C=O) groups is 1. The van der Waals surface area contributed by atoms with Gasteiger partial charge in [0.25, 0.3) is 5.56 Å². The highest BCUT2D eigenvalue weighted by Gasteiger charge is 2.33. The number of carbonyl (C=O) groups excluding carboxylic acids is 1. The predicted molar refractivity (Wildman–Crippen MR) is 94.0 cm³/mol. The van der Waals surface area contributed by atoms with E-state index in [1.54, 1.807) is 6.07 Å². The van der Waals surface area contributed by atoms with Crippen LogP contribution < -0.4 is 5.56 Å². The average molecular weight is 328 g/mol. The molecule has 1 aromatic heterocycles. The molecule has 1 aliphatic heterocycles. The topological polar surface area (TPSA) is 58.4 Å². The van der Waals surface area contributed by atoms with Crippen LogP contribution in [0.25, 0.3) is 10.8 Å². The van der Waals surface area contributed by atoms with Crippen molar-refractivity contribution in [2.75, 3.05) is 27.2 Å². The molecule has 2 atom stereocenters. The van der Waals surface area contributed by atoms with E-state index < -0.39 is 0 Å². The third kappa shape index (κ3) is 2.94. The molecule has 6 heteroatoms. The van der Waals surface area contributed by atoms with Crippen LogP contribution in [0.2, 0.25) is 0 Å². The fourth-order valence-corrected chi connectivity index (χ4v) is 3.57. The molecule has 1 saturated heterocycles. The lowest BCUT2D eigenvalue weighted by molar-refractivity contribution is -0.131. The molecular weight excluding hydrogens is 304 g/mol. The second kappa shape index (κ2) is 6.36. The number of rotatable bonds is 3. The monoisotopic (exact) mass is 328 g/mol. The molecule has 1 amide bonds. The van der Waals surface area contributed by atoms with Crippen LogP contribution in [0.3, 0.4) is 0 Å². The van der Waals surface area contributed by atoms with Crippen molar-refractivity contribution >= 4 is 16.7 Å². The summed E-state index contributed by atoms with van der Waals surface area (Å²) in [7, 11) is 4.07. The van der Waals surface area contributed by atoms with Crippen molar-refractivity contribution in [3.05, 3.63) is 40.3 Å². The van der Waals surface area contributed by atoms with Gasteiger partial charge in [-0.3, -0.25) is 9.59 Å². The van der Waals surface area contributed by atoms with Gasteiger partial charge in [0.15, 0.2) is 0 Å². The first-order valence-electron chi connectivity index (χ1n) is 8.29. The highest BCUT2D eigenvalue weighted by molar-refractivity contribution is 5.83. The first kappa shape index (κ1) is 16.6. The first-order valence-corrected chi connectivity index (χ1v) is 8.29. The minimum Gasteiger partial charge on any atom is -0.339 e. The Morgan fingerprint density at radius 3 is 2.54 bits per heavy atom. The lowest BCUT2D eigenvalue weighted by atomic mass is 10.1. The molecule has 128 valence electrons. The highest BCUT2D eigenvalue weighted by Crippen LogP contribution is 2.20. The Morgan fingerprint density at radius 2 is 1.92 bits per heavy atom. The summed E-state index contributed by atoms with van der Waals surface area (Å²) >= 11 is 0. The summed E-state index contributed by atoms with van der Waals surface area (Å²) in [6, 6.07) is 7.75. The molecule has 0 N–H and O–H groups in total. The van der Waals surface area contributed by atoms with Crippen molar-refractivity contribution in [3.63, 3.8) is 0 Å². The number of hydrogen-bond acceptors (Lipinski definition) is 4. The number of amides is 1. The molecule has 2 heterocycles. The van der Waals surface area contributed by atoms with Gasteiger partial charge in [-0.1, -0.05) is 25.1 Å². The fraction of sp³-hybridized carbons (Fsp3) is 0.500. The number of aryl methyl sites for hydroxylation is 1. The van der Waals surface area contributed by atoms with Crippen LogP contribution in [-0.4, -0.2) is 58.7 Å². The Morgan fingerprint density at radius 1 is 1.25 bits per heavy atom. The summed E-state index contributed by atoms with van der Waals surface area (Å²) in [6.07, 6.45) is 0. The largest absolute Gasteiger partial charge is 0.339 e. The van der Waals surface area contributed by atoms with E-state index in [1.165, 1.54) is 4.68 Å². The van der Waals surface area contributed by atoms with E-state index in [0.717, 1.165) is 17.6 Å². The van der Waals surface area contributed by atoms with Crippen molar-refractivity contribution in [1.82, 2.24) is 19.6 Å². The van der Waals surface area contributed by atoms with Crippen molar-refractivity contribution in [3.8, 4) is 0 Å². The Labute approximate surface area is 141 Å². The molecule has 24 heavy (non-hydrogen) atoms. The van der Waals surface area contributed by atoms with E-state index in [-0.39, 0.29) is 18.0 Å². The SMILES string of the molecule is Cc1nn(CC(=O)N2C[C@H](C)[C@@H](N(C)C)C2)c(=O)c2ccccc12. The fourth-order valence-electron chi connectivity index (χ4n) is 3.57. The zero-order chi connectivity index (χ0) is 17.4. The molecule has 0 radical (unpaired) electrons. The van der Waals surface area contributed by atoms with Gasteiger partial charge in [0.2, 0.25) is 5.91 Å². The lowest BCUT2D eigenvalue weighted by Crippen LogP contribution is -2.38. The maximum atomic E-state index is 12.6. The number of nitrogens with zero attached hydrogens (tertiary/aromatic N) is 4. The van der Waals surface area contributed by atoms with E-state index >= 15 is 0 Å². The van der Waals surface area contributed by atoms with Crippen molar-refractivity contribution < 1.29 is 4.79 Å². The zero-order valence-corrected chi connectivity index (χ0v) is 14.7. The number of hydrogen-bond donors (Lipinski definition) is 0. The van der Waals surface area contributed by atoms with E-state index in [9.17, 15) is 9.59 Å². The molecule has 0 bridgehead atoms. The van der Waals surface area contributed by atoms with Crippen LogP contribution in [0, 0.1) is 12.8 Å². The summed E-state index contributed by atoms with van der Waals surface area (Å²) in [5, 5.41) is 5.78. The van der Waals surface area contributed by atoms with Crippen LogP contribution in [0.4, 0.5) is 0 Å². The van der Waals surface area contributed by atoms with E-state index in [2.05, 4.69) is 16.9 Å². The van der Waals surface area contributed by atoms with E-state index in [4.69, 9.17) is 0 Å². The molecule has 2 aromatic rings. The highest BCUT2D eigenvalue weighted by atomic mass is 16.2. The average Bonchev–Trinajstić information content (AvgIpc) is 2.94. The first-order chi connectivity index (χ1) is 11.4. The second-order valence-electron chi connectivity index (χ2n) is 6.90. The van der Waals surface area contributed by atoms with Crippen LogP contribution in [0.15, 0.2) is 29.1 Å². The van der Waals surface area contributed by atoms with Gasteiger partial charge in [0, 0.05) is 24.5 Å². The maximum absolute atomic E-state index is 12.6. The number of likely N-dealkylation sites (tertiary alicyclic amines) is 1. The molecule has 0 unspecified atom stereocenters. The van der Waals surface area contributed by atoms with Crippen LogP contribution in [-0.2, 0) is 11.3 Å². The smallest absolute Gasteiger partial charge is 0.275 e. The Bertz CT molecular complexity index is 827. The molecular formula is C18H24N4O2. The third-order valence-electron chi connectivity index (χ3n) is 4.93. The van der Waals surface area contributed by atoms with Crippen LogP contribution >= 0.6 is 0 Å². The minimum atomic E-state index is -0.207. The standard InChI is InChI=1S/C18H24N4O2/c1-12-9-21(10-16(12)20(3)4)17(23)11-22-18(24)15-8-6-5-7-14(15)13(2)19-22/h5-8,12,16H,9-11H2,1-4H3/t12-,16-/m0/s1. The lowest BCUT2D eigenvalue weighted by Gasteiger charge is -2.22. The molecule has 0 spiro atoms. The molecule has 0 saturated carbocycles. The van der Waals surface area contributed by atoms with Crippen molar-refractivity contribution in [1.29, 1.82) is 0 Å². The maximum Gasteiger partial charge on any atom is 0.275 e. The normalized spacial score (nSPS) is 21.0. The minimum absolute atomic E-state index is 0.00260. The molecule has 6 nitrogen and oxygen atoms in total. The van der Waals surface area contributed by atoms with E-state index in [0.29, 0.717) is 23.9 Å². The van der Waals surface area contributed by atoms with Gasteiger partial charge in [-0.25, -0.2) is 4.68 Å². The summed E-state index contributed by atoms with van der Waals surface area (Å²) in [5.74, 6) is 0.377. The van der Waals surface area contributed by atoms with Gasteiger partial charge in [0.05, 0.1) is 11.1 Å². The van der Waals surface area contributed by atoms with Crippen molar-refractivity contribution in [2.24, 2.45) is 5.92 Å². The van der Waals surface area contributed by atoms with Crippen molar-refractivity contribution in [2.45, 2.75) is 26.4 Å². The van der Waals surface area contributed by atoms with Gasteiger partial charge in [-0.05, 0) is 33.0 Å². The molecule has 1 fully saturated rings. The summed E-state index contributed by atoms with van der Waals surface area (Å²) < 4.78 is 1.30.